The highest BCUT2D eigenvalue weighted by atomic mass is 19.1. The molecule has 2 aromatic rings. The Morgan fingerprint density at radius 1 is 1.44 bits per heavy atom. The van der Waals surface area contributed by atoms with E-state index in [1.165, 1.54) is 0 Å². The molecule has 0 saturated heterocycles. The minimum absolute atomic E-state index is 0.202. The van der Waals surface area contributed by atoms with E-state index in [0.717, 1.165) is 19.2 Å². The molecule has 2 aromatic heterocycles. The van der Waals surface area contributed by atoms with Gasteiger partial charge in [-0.3, -0.25) is 4.68 Å². The number of rotatable bonds is 6. The minimum Gasteiger partial charge on any atom is -0.367 e. The highest BCUT2D eigenvalue weighted by Gasteiger charge is 2.05. The van der Waals surface area contributed by atoms with Crippen molar-refractivity contribution < 1.29 is 4.39 Å². The zero-order valence-corrected chi connectivity index (χ0v) is 9.97. The number of hydrogen-bond donors (Lipinski definition) is 2. The van der Waals surface area contributed by atoms with Gasteiger partial charge in [-0.15, -0.1) is 5.10 Å². The molecular formula is C10H14FN7. The van der Waals surface area contributed by atoms with Gasteiger partial charge in [0.15, 0.2) is 11.6 Å². The Morgan fingerprint density at radius 2 is 2.33 bits per heavy atom. The third-order valence-corrected chi connectivity index (χ3v) is 2.30. The van der Waals surface area contributed by atoms with Crippen LogP contribution in [-0.2, 0) is 6.54 Å². The van der Waals surface area contributed by atoms with Crippen LogP contribution in [0.15, 0.2) is 18.6 Å². The summed E-state index contributed by atoms with van der Waals surface area (Å²) < 4.78 is 15.1. The molecule has 0 aliphatic heterocycles. The van der Waals surface area contributed by atoms with Crippen molar-refractivity contribution in [2.75, 3.05) is 24.2 Å². The summed E-state index contributed by atoms with van der Waals surface area (Å²) >= 11 is 0. The number of nitrogens with zero attached hydrogens (tertiary/aromatic N) is 5. The molecule has 0 spiro atoms. The topological polar surface area (TPSA) is 80.5 Å². The lowest BCUT2D eigenvalue weighted by molar-refractivity contribution is 0.567. The van der Waals surface area contributed by atoms with Crippen LogP contribution in [0.2, 0.25) is 0 Å². The van der Waals surface area contributed by atoms with Crippen molar-refractivity contribution in [2.45, 2.75) is 13.0 Å². The highest BCUT2D eigenvalue weighted by molar-refractivity contribution is 5.40. The molecular weight excluding hydrogens is 237 g/mol. The van der Waals surface area contributed by atoms with Gasteiger partial charge < -0.3 is 10.6 Å². The van der Waals surface area contributed by atoms with Crippen molar-refractivity contribution in [1.29, 1.82) is 0 Å². The van der Waals surface area contributed by atoms with Crippen LogP contribution < -0.4 is 10.6 Å². The fourth-order valence-corrected chi connectivity index (χ4v) is 1.41. The summed E-state index contributed by atoms with van der Waals surface area (Å²) in [5.74, 6) is 0.123. The Kier molecular flexibility index (Phi) is 4.00. The quantitative estimate of drug-likeness (QED) is 0.737. The van der Waals surface area contributed by atoms with E-state index in [9.17, 15) is 4.39 Å². The van der Waals surface area contributed by atoms with E-state index in [0.29, 0.717) is 12.5 Å². The lowest BCUT2D eigenvalue weighted by atomic mass is 10.4. The van der Waals surface area contributed by atoms with Gasteiger partial charge in [-0.05, 0) is 6.42 Å². The van der Waals surface area contributed by atoms with Crippen molar-refractivity contribution in [3.8, 4) is 0 Å². The largest absolute Gasteiger partial charge is 0.367 e. The van der Waals surface area contributed by atoms with Gasteiger partial charge in [-0.2, -0.15) is 4.98 Å². The molecule has 0 radical (unpaired) electrons. The van der Waals surface area contributed by atoms with Crippen LogP contribution in [0.1, 0.15) is 6.42 Å². The molecule has 7 nitrogen and oxygen atoms in total. The number of nitrogens with one attached hydrogen (secondary N) is 2. The lowest BCUT2D eigenvalue weighted by Crippen LogP contribution is -2.10. The van der Waals surface area contributed by atoms with Gasteiger partial charge >= 0.3 is 0 Å². The lowest BCUT2D eigenvalue weighted by Gasteiger charge is -2.07. The fourth-order valence-electron chi connectivity index (χ4n) is 1.41. The number of aryl methyl sites for hydroxylation is 1. The summed E-state index contributed by atoms with van der Waals surface area (Å²) in [5, 5.41) is 13.2. The molecule has 0 aliphatic carbocycles. The monoisotopic (exact) mass is 251 g/mol. The number of halogens is 1. The van der Waals surface area contributed by atoms with Gasteiger partial charge in [0.1, 0.15) is 0 Å². The summed E-state index contributed by atoms with van der Waals surface area (Å²) in [6.45, 7) is 1.32. The summed E-state index contributed by atoms with van der Waals surface area (Å²) in [6.07, 6.45) is 5.33. The zero-order valence-electron chi connectivity index (χ0n) is 9.97. The Balaban J connectivity index is 1.82. The van der Waals surface area contributed by atoms with Gasteiger partial charge in [0.2, 0.25) is 5.95 Å². The Morgan fingerprint density at radius 3 is 3.06 bits per heavy atom. The van der Waals surface area contributed by atoms with Crippen LogP contribution in [0, 0.1) is 5.82 Å². The number of aromatic nitrogens is 5. The van der Waals surface area contributed by atoms with Crippen molar-refractivity contribution in [1.82, 2.24) is 25.0 Å². The molecule has 0 fully saturated rings. The Labute approximate surface area is 103 Å². The van der Waals surface area contributed by atoms with Crippen molar-refractivity contribution in [2.24, 2.45) is 0 Å². The molecule has 0 bridgehead atoms. The van der Waals surface area contributed by atoms with Crippen molar-refractivity contribution in [3.05, 3.63) is 24.4 Å². The maximum absolute atomic E-state index is 13.4. The summed E-state index contributed by atoms with van der Waals surface area (Å²) in [4.78, 5) is 7.75. The van der Waals surface area contributed by atoms with Crippen LogP contribution in [0.3, 0.4) is 0 Å². The SMILES string of the molecule is CNc1ncc(F)c(NCCCn2ccnn2)n1. The molecule has 0 amide bonds. The van der Waals surface area contributed by atoms with Crippen LogP contribution >= 0.6 is 0 Å². The molecule has 18 heavy (non-hydrogen) atoms. The van der Waals surface area contributed by atoms with Gasteiger partial charge in [0.25, 0.3) is 0 Å². The molecule has 0 saturated carbocycles. The fraction of sp³-hybridized carbons (Fsp3) is 0.400. The third kappa shape index (κ3) is 3.12. The van der Waals surface area contributed by atoms with E-state index < -0.39 is 5.82 Å². The first kappa shape index (κ1) is 12.2. The van der Waals surface area contributed by atoms with Crippen LogP contribution in [0.25, 0.3) is 0 Å². The van der Waals surface area contributed by atoms with Crippen LogP contribution in [0.4, 0.5) is 16.2 Å². The van der Waals surface area contributed by atoms with Gasteiger partial charge in [-0.1, -0.05) is 5.21 Å². The molecule has 0 aromatic carbocycles. The summed E-state index contributed by atoms with van der Waals surface area (Å²) in [7, 11) is 1.68. The van der Waals surface area contributed by atoms with Gasteiger partial charge in [0, 0.05) is 26.3 Å². The standard InChI is InChI=1S/C10H14FN7/c1-12-10-14-7-8(11)9(16-10)13-3-2-5-18-6-4-15-17-18/h4,6-7H,2-3,5H2,1H3,(H2,12,13,14,16). The number of hydrogen-bond acceptors (Lipinski definition) is 6. The Hall–Kier alpha value is -2.25. The van der Waals surface area contributed by atoms with Gasteiger partial charge in [0.05, 0.1) is 12.4 Å². The predicted molar refractivity (Wildman–Crippen MR) is 64.7 cm³/mol. The average molecular weight is 251 g/mol. The summed E-state index contributed by atoms with van der Waals surface area (Å²) in [5.41, 5.74) is 0. The van der Waals surface area contributed by atoms with Crippen LogP contribution in [-0.4, -0.2) is 38.6 Å². The highest BCUT2D eigenvalue weighted by Crippen LogP contribution is 2.11. The normalized spacial score (nSPS) is 10.3. The first-order valence-corrected chi connectivity index (χ1v) is 5.58. The van der Waals surface area contributed by atoms with Crippen molar-refractivity contribution >= 4 is 11.8 Å². The van der Waals surface area contributed by atoms with E-state index in [4.69, 9.17) is 0 Å². The molecule has 2 N–H and O–H groups in total. The van der Waals surface area contributed by atoms with Crippen molar-refractivity contribution in [3.63, 3.8) is 0 Å². The van der Waals surface area contributed by atoms with E-state index in [2.05, 4.69) is 30.9 Å². The van der Waals surface area contributed by atoms with E-state index >= 15 is 0 Å². The minimum atomic E-state index is -0.463. The number of anilines is 2. The van der Waals surface area contributed by atoms with E-state index in [1.807, 2.05) is 0 Å². The average Bonchev–Trinajstić information content (AvgIpc) is 2.89. The second-order valence-electron chi connectivity index (χ2n) is 3.59. The maximum atomic E-state index is 13.4. The molecule has 0 unspecified atom stereocenters. The first-order chi connectivity index (χ1) is 8.79. The van der Waals surface area contributed by atoms with Gasteiger partial charge in [-0.25, -0.2) is 9.37 Å². The second kappa shape index (κ2) is 5.89. The Bertz CT molecular complexity index is 485. The molecule has 0 aliphatic rings. The van der Waals surface area contributed by atoms with E-state index in [1.54, 1.807) is 24.1 Å². The predicted octanol–water partition coefficient (Wildman–Crippen LogP) is 0.751. The summed E-state index contributed by atoms with van der Waals surface area (Å²) in [6, 6.07) is 0. The van der Waals surface area contributed by atoms with Crippen LogP contribution in [0.5, 0.6) is 0 Å². The third-order valence-electron chi connectivity index (χ3n) is 2.30. The maximum Gasteiger partial charge on any atom is 0.224 e. The van der Waals surface area contributed by atoms with E-state index in [-0.39, 0.29) is 5.82 Å². The molecule has 2 rings (SSSR count). The molecule has 96 valence electrons. The smallest absolute Gasteiger partial charge is 0.224 e. The zero-order chi connectivity index (χ0) is 12.8. The molecule has 2 heterocycles. The first-order valence-electron chi connectivity index (χ1n) is 5.58. The second-order valence-corrected chi connectivity index (χ2v) is 3.59. The molecule has 0 atom stereocenters. The molecule has 8 heteroatoms.